The summed E-state index contributed by atoms with van der Waals surface area (Å²) >= 11 is 0. The molecule has 166 valence electrons. The zero-order valence-electron chi connectivity index (χ0n) is 18.1. The molecule has 4 aliphatic carbocycles. The second-order valence-electron chi connectivity index (χ2n) is 9.69. The normalized spacial score (nSPS) is 35.7. The first kappa shape index (κ1) is 19.7. The molecule has 2 aromatic heterocycles. The molecule has 5 fully saturated rings. The number of nitrogens with one attached hydrogen (secondary N) is 1. The number of esters is 1. The SMILES string of the molecule is CCOC(=O)C1C(=O)/C(=C/c2c[nH]c3ncccc23)OC1=NC1C2CC3CC(C2)CC1C3. The van der Waals surface area contributed by atoms with Crippen LogP contribution < -0.4 is 0 Å². The van der Waals surface area contributed by atoms with Gasteiger partial charge in [-0.1, -0.05) is 0 Å². The van der Waals surface area contributed by atoms with Gasteiger partial charge in [-0.25, -0.2) is 4.98 Å². The third-order valence-electron chi connectivity index (χ3n) is 7.71. The average molecular weight is 434 g/mol. The summed E-state index contributed by atoms with van der Waals surface area (Å²) in [5, 5.41) is 0.885. The first-order valence-electron chi connectivity index (χ1n) is 11.7. The Balaban J connectivity index is 1.35. The van der Waals surface area contributed by atoms with Crippen LogP contribution in [0.4, 0.5) is 0 Å². The van der Waals surface area contributed by atoms with E-state index >= 15 is 0 Å². The lowest BCUT2D eigenvalue weighted by Crippen LogP contribution is -2.48. The predicted molar refractivity (Wildman–Crippen MR) is 119 cm³/mol. The van der Waals surface area contributed by atoms with Gasteiger partial charge in [-0.05, 0) is 80.9 Å². The van der Waals surface area contributed by atoms with Gasteiger partial charge in [0.1, 0.15) is 5.65 Å². The quantitative estimate of drug-likeness (QED) is 0.448. The highest BCUT2D eigenvalue weighted by atomic mass is 16.5. The van der Waals surface area contributed by atoms with E-state index in [-0.39, 0.29) is 30.1 Å². The van der Waals surface area contributed by atoms with Crippen LogP contribution >= 0.6 is 0 Å². The van der Waals surface area contributed by atoms with Crippen LogP contribution in [0.1, 0.15) is 44.6 Å². The number of carbonyl (C=O) groups is 2. The van der Waals surface area contributed by atoms with E-state index in [1.165, 1.54) is 32.1 Å². The third kappa shape index (κ3) is 3.17. The maximum Gasteiger partial charge on any atom is 0.326 e. The van der Waals surface area contributed by atoms with Crippen LogP contribution in [0.15, 0.2) is 35.3 Å². The topological polar surface area (TPSA) is 93.6 Å². The summed E-state index contributed by atoms with van der Waals surface area (Å²) in [6.07, 6.45) is 11.4. The zero-order chi connectivity index (χ0) is 21.8. The Bertz CT molecular complexity index is 1120. The number of pyridine rings is 1. The van der Waals surface area contributed by atoms with Gasteiger partial charge in [-0.2, -0.15) is 0 Å². The van der Waals surface area contributed by atoms with Crippen molar-refractivity contribution in [2.45, 2.75) is 45.1 Å². The highest BCUT2D eigenvalue weighted by molar-refractivity contribution is 6.27. The number of aromatic amines is 1. The minimum absolute atomic E-state index is 0.135. The van der Waals surface area contributed by atoms with Gasteiger partial charge < -0.3 is 14.5 Å². The van der Waals surface area contributed by atoms with Crippen molar-refractivity contribution in [3.8, 4) is 0 Å². The number of nitrogens with zero attached hydrogens (tertiary/aromatic N) is 2. The number of aliphatic imine (C=N–C) groups is 1. The lowest BCUT2D eigenvalue weighted by molar-refractivity contribution is -0.147. The van der Waals surface area contributed by atoms with E-state index in [9.17, 15) is 9.59 Å². The minimum Gasteiger partial charge on any atom is -0.465 e. The molecule has 0 spiro atoms. The Morgan fingerprint density at radius 3 is 2.72 bits per heavy atom. The van der Waals surface area contributed by atoms with Gasteiger partial charge in [0, 0.05) is 23.3 Å². The van der Waals surface area contributed by atoms with Crippen molar-refractivity contribution in [2.24, 2.45) is 34.6 Å². The maximum atomic E-state index is 13.2. The molecule has 1 saturated heterocycles. The van der Waals surface area contributed by atoms with Crippen LogP contribution in [0.25, 0.3) is 17.1 Å². The molecule has 4 bridgehead atoms. The number of rotatable bonds is 4. The Hall–Kier alpha value is -2.96. The molecule has 0 amide bonds. The monoisotopic (exact) mass is 433 g/mol. The second kappa shape index (κ2) is 7.57. The molecular weight excluding hydrogens is 406 g/mol. The van der Waals surface area contributed by atoms with Crippen LogP contribution in [0.5, 0.6) is 0 Å². The molecule has 0 radical (unpaired) electrons. The van der Waals surface area contributed by atoms with Gasteiger partial charge in [-0.3, -0.25) is 14.6 Å². The largest absolute Gasteiger partial charge is 0.465 e. The first-order chi connectivity index (χ1) is 15.6. The number of hydrogen-bond acceptors (Lipinski definition) is 6. The zero-order valence-corrected chi connectivity index (χ0v) is 18.1. The fraction of sp³-hybridized carbons (Fsp3) is 0.520. The highest BCUT2D eigenvalue weighted by Crippen LogP contribution is 2.55. The first-order valence-corrected chi connectivity index (χ1v) is 11.7. The molecule has 1 N–H and O–H groups in total. The third-order valence-corrected chi connectivity index (χ3v) is 7.71. The van der Waals surface area contributed by atoms with Crippen LogP contribution in [0, 0.1) is 29.6 Å². The Morgan fingerprint density at radius 1 is 1.25 bits per heavy atom. The summed E-state index contributed by atoms with van der Waals surface area (Å²) in [5.41, 5.74) is 1.52. The van der Waals surface area contributed by atoms with Crippen LogP contribution in [-0.4, -0.2) is 40.3 Å². The maximum absolute atomic E-state index is 13.2. The molecule has 7 nitrogen and oxygen atoms in total. The molecule has 7 heteroatoms. The summed E-state index contributed by atoms with van der Waals surface area (Å²) in [4.78, 5) is 38.3. The summed E-state index contributed by atoms with van der Waals surface area (Å²) in [6.45, 7) is 1.95. The smallest absolute Gasteiger partial charge is 0.326 e. The molecule has 5 aliphatic rings. The van der Waals surface area contributed by atoms with Crippen molar-refractivity contribution in [1.82, 2.24) is 9.97 Å². The second-order valence-corrected chi connectivity index (χ2v) is 9.69. The van der Waals surface area contributed by atoms with E-state index in [1.54, 1.807) is 25.4 Å². The predicted octanol–water partition coefficient (Wildman–Crippen LogP) is 3.91. The van der Waals surface area contributed by atoms with E-state index < -0.39 is 11.9 Å². The number of H-pyrrole nitrogens is 1. The number of fused-ring (bicyclic) bond motifs is 1. The van der Waals surface area contributed by atoms with E-state index in [1.807, 2.05) is 12.1 Å². The van der Waals surface area contributed by atoms with Crippen molar-refractivity contribution in [3.63, 3.8) is 0 Å². The van der Waals surface area contributed by atoms with Crippen LogP contribution in [0.2, 0.25) is 0 Å². The van der Waals surface area contributed by atoms with Crippen molar-refractivity contribution in [1.29, 1.82) is 0 Å². The van der Waals surface area contributed by atoms with Crippen LogP contribution in [-0.2, 0) is 19.1 Å². The van der Waals surface area contributed by atoms with E-state index in [2.05, 4.69) is 9.97 Å². The Kier molecular flexibility index (Phi) is 4.66. The van der Waals surface area contributed by atoms with E-state index in [4.69, 9.17) is 14.5 Å². The van der Waals surface area contributed by atoms with Crippen molar-refractivity contribution < 1.29 is 19.1 Å². The van der Waals surface area contributed by atoms with Crippen LogP contribution in [0.3, 0.4) is 0 Å². The number of ether oxygens (including phenoxy) is 2. The molecular formula is C25H27N3O4. The van der Waals surface area contributed by atoms with Gasteiger partial charge in [-0.15, -0.1) is 0 Å². The fourth-order valence-electron chi connectivity index (χ4n) is 6.60. The Labute approximate surface area is 186 Å². The number of Topliss-reactive ketones (excluding diaryl/α,β-unsaturated/α-hetero) is 1. The van der Waals surface area contributed by atoms with Crippen molar-refractivity contribution >= 4 is 34.8 Å². The van der Waals surface area contributed by atoms with Gasteiger partial charge in [0.2, 0.25) is 11.7 Å². The van der Waals surface area contributed by atoms with Gasteiger partial charge >= 0.3 is 5.97 Å². The molecule has 4 saturated carbocycles. The molecule has 3 heterocycles. The van der Waals surface area contributed by atoms with E-state index in [0.29, 0.717) is 11.8 Å². The lowest BCUT2D eigenvalue weighted by atomic mass is 9.54. The molecule has 1 aliphatic heterocycles. The van der Waals surface area contributed by atoms with Gasteiger partial charge in [0.15, 0.2) is 11.7 Å². The standard InChI is InChI=1S/C25H27N3O4/c1-2-31-25(30)20-22(29)19(11-17-12-27-23-18(17)4-3-5-26-23)32-24(20)28-21-15-7-13-6-14(9-15)10-16(21)8-13/h3-5,11-16,20-21H,2,6-10H2,1H3,(H,26,27)/b19-11-,28-24?. The highest BCUT2D eigenvalue weighted by Gasteiger charge is 2.51. The Morgan fingerprint density at radius 2 is 2.00 bits per heavy atom. The molecule has 2 aromatic rings. The lowest BCUT2D eigenvalue weighted by Gasteiger charge is -2.53. The van der Waals surface area contributed by atoms with Gasteiger partial charge in [0.25, 0.3) is 0 Å². The van der Waals surface area contributed by atoms with Gasteiger partial charge in [0.05, 0.1) is 12.6 Å². The molecule has 32 heavy (non-hydrogen) atoms. The molecule has 1 atom stereocenters. The summed E-state index contributed by atoms with van der Waals surface area (Å²) in [6, 6.07) is 3.91. The molecule has 1 unspecified atom stereocenters. The fourth-order valence-corrected chi connectivity index (χ4v) is 6.60. The van der Waals surface area contributed by atoms with E-state index in [0.717, 1.165) is 28.4 Å². The van der Waals surface area contributed by atoms with Crippen molar-refractivity contribution in [3.05, 3.63) is 35.8 Å². The summed E-state index contributed by atoms with van der Waals surface area (Å²) in [7, 11) is 0. The number of hydrogen-bond donors (Lipinski definition) is 1. The number of aromatic nitrogens is 2. The van der Waals surface area contributed by atoms with Crippen molar-refractivity contribution in [2.75, 3.05) is 6.61 Å². The minimum atomic E-state index is -1.11. The average Bonchev–Trinajstić information content (AvgIpc) is 3.31. The molecule has 0 aromatic carbocycles. The number of ketones is 1. The number of carbonyl (C=O) groups excluding carboxylic acids is 2. The summed E-state index contributed by atoms with van der Waals surface area (Å²) in [5.74, 6) is 1.00. The molecule has 7 rings (SSSR count). The number of allylic oxidation sites excluding steroid dienone is 1. The summed E-state index contributed by atoms with van der Waals surface area (Å²) < 4.78 is 11.2.